The molecule has 1 aliphatic heterocycles. The van der Waals surface area contributed by atoms with Crippen LogP contribution in [-0.2, 0) is 4.74 Å². The first-order valence-electron chi connectivity index (χ1n) is 7.07. The summed E-state index contributed by atoms with van der Waals surface area (Å²) in [5.41, 5.74) is 7.51. The average Bonchev–Trinajstić information content (AvgIpc) is 2.39. The minimum atomic E-state index is -0.366. The van der Waals surface area contributed by atoms with Gasteiger partial charge >= 0.3 is 5.97 Å². The molecule has 1 fully saturated rings. The zero-order chi connectivity index (χ0) is 14.7. The highest BCUT2D eigenvalue weighted by Gasteiger charge is 2.26. The molecule has 2 N–H and O–H groups in total. The number of piperidine rings is 1. The largest absolute Gasteiger partial charge is 0.462 e. The monoisotopic (exact) mass is 296 g/mol. The third-order valence-corrected chi connectivity index (χ3v) is 3.96. The van der Waals surface area contributed by atoms with Crippen LogP contribution in [0.2, 0.25) is 5.02 Å². The van der Waals surface area contributed by atoms with E-state index in [1.807, 2.05) is 0 Å². The van der Waals surface area contributed by atoms with E-state index in [2.05, 4.69) is 11.8 Å². The number of benzene rings is 1. The number of anilines is 2. The predicted molar refractivity (Wildman–Crippen MR) is 82.5 cm³/mol. The number of carbonyl (C=O) groups is 1. The standard InChI is InChI=1S/C15H21ClN2O2/c1-3-20-15(19)12-8-11(17)9-13(16)14(12)18-7-5-4-6-10(18)2/h8-10H,3-7,17H2,1-2H3. The highest BCUT2D eigenvalue weighted by Crippen LogP contribution is 2.36. The highest BCUT2D eigenvalue weighted by molar-refractivity contribution is 6.34. The van der Waals surface area contributed by atoms with Crippen molar-refractivity contribution >= 4 is 28.9 Å². The van der Waals surface area contributed by atoms with Gasteiger partial charge in [-0.15, -0.1) is 0 Å². The van der Waals surface area contributed by atoms with Crippen molar-refractivity contribution in [3.8, 4) is 0 Å². The summed E-state index contributed by atoms with van der Waals surface area (Å²) in [6.45, 7) is 5.17. The van der Waals surface area contributed by atoms with Crippen molar-refractivity contribution in [3.63, 3.8) is 0 Å². The highest BCUT2D eigenvalue weighted by atomic mass is 35.5. The molecule has 1 atom stereocenters. The van der Waals surface area contributed by atoms with Crippen LogP contribution in [0.15, 0.2) is 12.1 Å². The van der Waals surface area contributed by atoms with Crippen LogP contribution < -0.4 is 10.6 Å². The van der Waals surface area contributed by atoms with Crippen molar-refractivity contribution in [2.45, 2.75) is 39.2 Å². The lowest BCUT2D eigenvalue weighted by Crippen LogP contribution is -2.38. The Balaban J connectivity index is 2.46. The molecule has 0 amide bonds. The molecule has 0 aliphatic carbocycles. The molecule has 4 nitrogen and oxygen atoms in total. The molecule has 110 valence electrons. The summed E-state index contributed by atoms with van der Waals surface area (Å²) in [5.74, 6) is -0.366. The van der Waals surface area contributed by atoms with Gasteiger partial charge in [0, 0.05) is 18.3 Å². The summed E-state index contributed by atoms with van der Waals surface area (Å²) >= 11 is 6.35. The first-order valence-corrected chi connectivity index (χ1v) is 7.45. The molecule has 2 rings (SSSR count). The van der Waals surface area contributed by atoms with Gasteiger partial charge in [0.2, 0.25) is 0 Å². The van der Waals surface area contributed by atoms with Crippen LogP contribution >= 0.6 is 11.6 Å². The number of carbonyl (C=O) groups excluding carboxylic acids is 1. The number of nitrogens with zero attached hydrogens (tertiary/aromatic N) is 1. The second kappa shape index (κ2) is 6.35. The van der Waals surface area contributed by atoms with Crippen LogP contribution in [0.1, 0.15) is 43.5 Å². The van der Waals surface area contributed by atoms with Gasteiger partial charge in [0.1, 0.15) is 0 Å². The maximum absolute atomic E-state index is 12.2. The number of halogens is 1. The second-order valence-corrected chi connectivity index (χ2v) is 5.56. The number of nitrogens with two attached hydrogens (primary N) is 1. The molecule has 0 aromatic heterocycles. The summed E-state index contributed by atoms with van der Waals surface area (Å²) in [4.78, 5) is 14.3. The van der Waals surface area contributed by atoms with E-state index >= 15 is 0 Å². The Kier molecular flexibility index (Phi) is 4.76. The van der Waals surface area contributed by atoms with Crippen LogP contribution in [0.5, 0.6) is 0 Å². The number of rotatable bonds is 3. The Morgan fingerprint density at radius 3 is 2.90 bits per heavy atom. The lowest BCUT2D eigenvalue weighted by atomic mass is 10.0. The molecule has 1 aliphatic rings. The SMILES string of the molecule is CCOC(=O)c1cc(N)cc(Cl)c1N1CCCCC1C. The molecule has 20 heavy (non-hydrogen) atoms. The molecular weight excluding hydrogens is 276 g/mol. The first-order chi connectivity index (χ1) is 9.54. The number of nitrogen functional groups attached to an aromatic ring is 1. The first kappa shape index (κ1) is 15.0. The van der Waals surface area contributed by atoms with E-state index in [4.69, 9.17) is 22.1 Å². The molecule has 0 spiro atoms. The molecule has 0 radical (unpaired) electrons. The Bertz CT molecular complexity index is 505. The second-order valence-electron chi connectivity index (χ2n) is 5.16. The third kappa shape index (κ3) is 3.01. The van der Waals surface area contributed by atoms with E-state index in [0.717, 1.165) is 25.1 Å². The van der Waals surface area contributed by atoms with Gasteiger partial charge in [-0.2, -0.15) is 0 Å². The van der Waals surface area contributed by atoms with Crippen molar-refractivity contribution in [1.29, 1.82) is 0 Å². The van der Waals surface area contributed by atoms with Crippen LogP contribution in [0, 0.1) is 0 Å². The van der Waals surface area contributed by atoms with Gasteiger partial charge in [-0.1, -0.05) is 11.6 Å². The number of ether oxygens (including phenoxy) is 1. The fourth-order valence-corrected chi connectivity index (χ4v) is 3.04. The van der Waals surface area contributed by atoms with Gasteiger partial charge in [-0.25, -0.2) is 4.79 Å². The normalized spacial score (nSPS) is 18.9. The van der Waals surface area contributed by atoms with Gasteiger partial charge in [-0.3, -0.25) is 0 Å². The van der Waals surface area contributed by atoms with Gasteiger partial charge in [-0.05, 0) is 45.2 Å². The molecule has 1 heterocycles. The lowest BCUT2D eigenvalue weighted by Gasteiger charge is -2.37. The van der Waals surface area contributed by atoms with Crippen molar-refractivity contribution in [3.05, 3.63) is 22.7 Å². The van der Waals surface area contributed by atoms with E-state index in [1.54, 1.807) is 19.1 Å². The maximum Gasteiger partial charge on any atom is 0.340 e. The van der Waals surface area contributed by atoms with Gasteiger partial charge in [0.15, 0.2) is 0 Å². The molecule has 0 bridgehead atoms. The van der Waals surface area contributed by atoms with Crippen LogP contribution in [0.4, 0.5) is 11.4 Å². The van der Waals surface area contributed by atoms with E-state index in [-0.39, 0.29) is 5.97 Å². The minimum Gasteiger partial charge on any atom is -0.462 e. The summed E-state index contributed by atoms with van der Waals surface area (Å²) in [6.07, 6.45) is 3.41. The fourth-order valence-electron chi connectivity index (χ4n) is 2.71. The molecule has 1 saturated heterocycles. The summed E-state index contributed by atoms with van der Waals surface area (Å²) in [5, 5.41) is 0.516. The summed E-state index contributed by atoms with van der Waals surface area (Å²) in [6, 6.07) is 3.71. The third-order valence-electron chi connectivity index (χ3n) is 3.67. The molecule has 0 saturated carbocycles. The zero-order valence-corrected chi connectivity index (χ0v) is 12.7. The Morgan fingerprint density at radius 2 is 2.25 bits per heavy atom. The van der Waals surface area contributed by atoms with Gasteiger partial charge in [0.25, 0.3) is 0 Å². The lowest BCUT2D eigenvalue weighted by molar-refractivity contribution is 0.0527. The predicted octanol–water partition coefficient (Wildman–Crippen LogP) is 3.48. The smallest absolute Gasteiger partial charge is 0.340 e. The van der Waals surface area contributed by atoms with Crippen LogP contribution in [-0.4, -0.2) is 25.2 Å². The molecule has 1 aromatic carbocycles. The van der Waals surface area contributed by atoms with Crippen molar-refractivity contribution < 1.29 is 9.53 Å². The quantitative estimate of drug-likeness (QED) is 0.685. The summed E-state index contributed by atoms with van der Waals surface area (Å²) in [7, 11) is 0. The van der Waals surface area contributed by atoms with E-state index in [9.17, 15) is 4.79 Å². The topological polar surface area (TPSA) is 55.6 Å². The van der Waals surface area contributed by atoms with Gasteiger partial charge < -0.3 is 15.4 Å². The summed E-state index contributed by atoms with van der Waals surface area (Å²) < 4.78 is 5.12. The fraction of sp³-hybridized carbons (Fsp3) is 0.533. The molecule has 1 aromatic rings. The molecular formula is C15H21ClN2O2. The van der Waals surface area contributed by atoms with Crippen molar-refractivity contribution in [2.24, 2.45) is 0 Å². The molecule has 5 heteroatoms. The average molecular weight is 297 g/mol. The Labute approximate surface area is 124 Å². The van der Waals surface area contributed by atoms with Crippen LogP contribution in [0.3, 0.4) is 0 Å². The van der Waals surface area contributed by atoms with E-state index < -0.39 is 0 Å². The zero-order valence-electron chi connectivity index (χ0n) is 12.0. The van der Waals surface area contributed by atoms with Crippen molar-refractivity contribution in [1.82, 2.24) is 0 Å². The number of hydrogen-bond donors (Lipinski definition) is 1. The van der Waals surface area contributed by atoms with E-state index in [0.29, 0.717) is 28.9 Å². The maximum atomic E-state index is 12.2. The number of esters is 1. The minimum absolute atomic E-state index is 0.334. The van der Waals surface area contributed by atoms with Gasteiger partial charge in [0.05, 0.1) is 22.9 Å². The Morgan fingerprint density at radius 1 is 1.50 bits per heavy atom. The number of hydrogen-bond acceptors (Lipinski definition) is 4. The van der Waals surface area contributed by atoms with Crippen LogP contribution in [0.25, 0.3) is 0 Å². The van der Waals surface area contributed by atoms with Crippen molar-refractivity contribution in [2.75, 3.05) is 23.8 Å². The molecule has 1 unspecified atom stereocenters. The Hall–Kier alpha value is -1.42. The van der Waals surface area contributed by atoms with E-state index in [1.165, 1.54) is 6.42 Å².